The minimum Gasteiger partial charge on any atom is -0.494 e. The van der Waals surface area contributed by atoms with Gasteiger partial charge in [0, 0.05) is 12.2 Å². The number of unbranched alkanes of at least 4 members (excludes halogenated alkanes) is 2. The summed E-state index contributed by atoms with van der Waals surface area (Å²) in [5, 5.41) is 12.5. The molecule has 0 atom stereocenters. The van der Waals surface area contributed by atoms with Gasteiger partial charge < -0.3 is 15.2 Å². The second-order valence-corrected chi connectivity index (χ2v) is 10.9. The lowest BCUT2D eigenvalue weighted by Crippen LogP contribution is -2.10. The number of para-hydroxylation sites is 1. The van der Waals surface area contributed by atoms with Crippen molar-refractivity contribution in [2.45, 2.75) is 50.3 Å². The van der Waals surface area contributed by atoms with E-state index in [0.29, 0.717) is 30.2 Å². The number of aromatic carboxylic acids is 1. The molecule has 0 saturated carbocycles. The topological polar surface area (TPSA) is 92.7 Å². The minimum absolute atomic E-state index is 0.110. The van der Waals surface area contributed by atoms with Crippen molar-refractivity contribution in [1.82, 2.24) is 0 Å². The fourth-order valence-corrected chi connectivity index (χ4v) is 5.21. The molecule has 0 unspecified atom stereocenters. The Balaban J connectivity index is 1.44. The van der Waals surface area contributed by atoms with E-state index in [1.165, 1.54) is 5.56 Å². The van der Waals surface area contributed by atoms with Crippen LogP contribution in [0.1, 0.15) is 54.1 Å². The van der Waals surface area contributed by atoms with Crippen LogP contribution in [-0.2, 0) is 22.7 Å². The van der Waals surface area contributed by atoms with Gasteiger partial charge in [0.1, 0.15) is 5.75 Å². The average molecular weight is 510 g/mol. The van der Waals surface area contributed by atoms with Gasteiger partial charge in [0.2, 0.25) is 0 Å². The third-order valence-corrected chi connectivity index (χ3v) is 7.82. The van der Waals surface area contributed by atoms with Gasteiger partial charge in [0.15, 0.2) is 9.84 Å². The molecule has 36 heavy (non-hydrogen) atoms. The summed E-state index contributed by atoms with van der Waals surface area (Å²) >= 11 is 0. The van der Waals surface area contributed by atoms with Gasteiger partial charge in [-0.25, -0.2) is 13.2 Å². The highest BCUT2D eigenvalue weighted by molar-refractivity contribution is 7.91. The summed E-state index contributed by atoms with van der Waals surface area (Å²) in [6.07, 6.45) is 4.96. The number of hydrogen-bond acceptors (Lipinski definition) is 5. The van der Waals surface area contributed by atoms with Gasteiger partial charge in [-0.1, -0.05) is 43.7 Å². The Morgan fingerprint density at radius 2 is 1.61 bits per heavy atom. The van der Waals surface area contributed by atoms with Crippen molar-refractivity contribution in [3.05, 3.63) is 89.5 Å². The van der Waals surface area contributed by atoms with Crippen LogP contribution in [0, 0.1) is 0 Å². The number of ether oxygens (including phenoxy) is 1. The Hall–Kier alpha value is -3.32. The Bertz CT molecular complexity index is 1210. The van der Waals surface area contributed by atoms with Gasteiger partial charge in [0.25, 0.3) is 0 Å². The SMILES string of the molecule is CCCCOc1ccc(S(=O)(=O)CCCCNc2ccccc2CCc2ccc(C(=O)O)cc2)cc1. The highest BCUT2D eigenvalue weighted by Crippen LogP contribution is 2.20. The van der Waals surface area contributed by atoms with Crippen molar-refractivity contribution in [3.8, 4) is 5.75 Å². The van der Waals surface area contributed by atoms with Crippen molar-refractivity contribution in [2.24, 2.45) is 0 Å². The van der Waals surface area contributed by atoms with Crippen LogP contribution in [0.25, 0.3) is 0 Å². The van der Waals surface area contributed by atoms with E-state index in [1.807, 2.05) is 30.3 Å². The molecule has 6 nitrogen and oxygen atoms in total. The predicted molar refractivity (Wildman–Crippen MR) is 144 cm³/mol. The lowest BCUT2D eigenvalue weighted by atomic mass is 10.0. The van der Waals surface area contributed by atoms with Crippen LogP contribution in [0.4, 0.5) is 5.69 Å². The second kappa shape index (κ2) is 13.7. The van der Waals surface area contributed by atoms with Crippen LogP contribution in [-0.4, -0.2) is 38.4 Å². The third-order valence-electron chi connectivity index (χ3n) is 6.01. The molecule has 0 spiro atoms. The van der Waals surface area contributed by atoms with Crippen molar-refractivity contribution in [3.63, 3.8) is 0 Å². The van der Waals surface area contributed by atoms with E-state index >= 15 is 0 Å². The molecule has 2 N–H and O–H groups in total. The van der Waals surface area contributed by atoms with Crippen LogP contribution in [0.5, 0.6) is 5.75 Å². The standard InChI is InChI=1S/C29H35NO5S/c1-2-3-21-35-26-16-18-27(19-17-26)36(33,34)22-7-6-20-30-28-9-5-4-8-24(28)13-10-23-11-14-25(15-12-23)29(31)32/h4-5,8-9,11-12,14-19,30H,2-3,6-7,10,13,20-22H2,1H3,(H,31,32). The molecule has 0 bridgehead atoms. The van der Waals surface area contributed by atoms with Crippen molar-refractivity contribution in [2.75, 3.05) is 24.2 Å². The van der Waals surface area contributed by atoms with Crippen LogP contribution in [0.15, 0.2) is 77.7 Å². The highest BCUT2D eigenvalue weighted by atomic mass is 32.2. The van der Waals surface area contributed by atoms with Crippen LogP contribution in [0.2, 0.25) is 0 Å². The largest absolute Gasteiger partial charge is 0.494 e. The normalized spacial score (nSPS) is 11.2. The van der Waals surface area contributed by atoms with E-state index < -0.39 is 15.8 Å². The Morgan fingerprint density at radius 3 is 2.31 bits per heavy atom. The highest BCUT2D eigenvalue weighted by Gasteiger charge is 2.14. The molecular formula is C29H35NO5S. The van der Waals surface area contributed by atoms with Gasteiger partial charge in [0.05, 0.1) is 22.8 Å². The molecule has 0 radical (unpaired) electrons. The quantitative estimate of drug-likeness (QED) is 0.244. The zero-order valence-electron chi connectivity index (χ0n) is 20.8. The Kier molecular flexibility index (Phi) is 10.4. The summed E-state index contributed by atoms with van der Waals surface area (Å²) in [6, 6.07) is 21.8. The molecule has 0 aliphatic carbocycles. The maximum Gasteiger partial charge on any atom is 0.335 e. The van der Waals surface area contributed by atoms with E-state index in [9.17, 15) is 13.2 Å². The van der Waals surface area contributed by atoms with Gasteiger partial charge in [-0.05, 0) is 85.7 Å². The van der Waals surface area contributed by atoms with Crippen LogP contribution < -0.4 is 10.1 Å². The maximum absolute atomic E-state index is 12.7. The number of carboxylic acid groups (broad SMARTS) is 1. The number of aryl methyl sites for hydroxylation is 2. The van der Waals surface area contributed by atoms with E-state index in [2.05, 4.69) is 18.3 Å². The Labute approximate surface area is 214 Å². The molecule has 0 saturated heterocycles. The molecule has 3 rings (SSSR count). The lowest BCUT2D eigenvalue weighted by Gasteiger charge is -2.12. The van der Waals surface area contributed by atoms with Gasteiger partial charge in [-0.15, -0.1) is 0 Å². The molecule has 0 fully saturated rings. The van der Waals surface area contributed by atoms with Gasteiger partial charge in [-0.2, -0.15) is 0 Å². The summed E-state index contributed by atoms with van der Waals surface area (Å²) in [5.41, 5.74) is 3.59. The van der Waals surface area contributed by atoms with E-state index in [1.54, 1.807) is 36.4 Å². The Morgan fingerprint density at radius 1 is 0.889 bits per heavy atom. The second-order valence-electron chi connectivity index (χ2n) is 8.79. The van der Waals surface area contributed by atoms with Crippen LogP contribution >= 0.6 is 0 Å². The number of nitrogens with one attached hydrogen (secondary N) is 1. The number of carboxylic acids is 1. The molecule has 0 aromatic heterocycles. The predicted octanol–water partition coefficient (Wildman–Crippen LogP) is 6.01. The lowest BCUT2D eigenvalue weighted by molar-refractivity contribution is 0.0697. The number of sulfone groups is 1. The molecule has 0 aliphatic rings. The molecule has 0 heterocycles. The zero-order chi connectivity index (χ0) is 25.8. The summed E-state index contributed by atoms with van der Waals surface area (Å²) in [5.74, 6) is -0.115. The van der Waals surface area contributed by atoms with E-state index in [4.69, 9.17) is 9.84 Å². The molecule has 3 aromatic carbocycles. The number of hydrogen-bond donors (Lipinski definition) is 2. The van der Waals surface area contributed by atoms with Crippen molar-refractivity contribution >= 4 is 21.5 Å². The first-order chi connectivity index (χ1) is 17.4. The average Bonchev–Trinajstić information content (AvgIpc) is 2.88. The zero-order valence-corrected chi connectivity index (χ0v) is 21.6. The number of anilines is 1. The van der Waals surface area contributed by atoms with Crippen molar-refractivity contribution < 1.29 is 23.1 Å². The molecule has 3 aromatic rings. The molecular weight excluding hydrogens is 474 g/mol. The molecule has 192 valence electrons. The minimum atomic E-state index is -3.32. The van der Waals surface area contributed by atoms with E-state index in [-0.39, 0.29) is 11.3 Å². The molecule has 0 aliphatic heterocycles. The first kappa shape index (κ1) is 27.3. The summed E-state index contributed by atoms with van der Waals surface area (Å²) in [4.78, 5) is 11.4. The molecule has 7 heteroatoms. The first-order valence-corrected chi connectivity index (χ1v) is 14.1. The summed E-state index contributed by atoms with van der Waals surface area (Å²) < 4.78 is 31.0. The third kappa shape index (κ3) is 8.41. The summed E-state index contributed by atoms with van der Waals surface area (Å²) in [7, 11) is -3.32. The molecule has 0 amide bonds. The van der Waals surface area contributed by atoms with E-state index in [0.717, 1.165) is 43.4 Å². The first-order valence-electron chi connectivity index (χ1n) is 12.5. The maximum atomic E-state index is 12.7. The smallest absolute Gasteiger partial charge is 0.335 e. The monoisotopic (exact) mass is 509 g/mol. The number of rotatable bonds is 15. The number of carbonyl (C=O) groups is 1. The summed E-state index contributed by atoms with van der Waals surface area (Å²) in [6.45, 7) is 3.42. The van der Waals surface area contributed by atoms with Crippen LogP contribution in [0.3, 0.4) is 0 Å². The van der Waals surface area contributed by atoms with Gasteiger partial charge in [-0.3, -0.25) is 0 Å². The van der Waals surface area contributed by atoms with Crippen molar-refractivity contribution in [1.29, 1.82) is 0 Å². The van der Waals surface area contributed by atoms with Gasteiger partial charge >= 0.3 is 5.97 Å². The fraction of sp³-hybridized carbons (Fsp3) is 0.345. The number of benzene rings is 3. The fourth-order valence-electron chi connectivity index (χ4n) is 3.84.